The largest absolute Gasteiger partial charge is 0.438 e. The highest BCUT2D eigenvalue weighted by atomic mass is 79.9. The third-order valence-electron chi connectivity index (χ3n) is 2.13. The van der Waals surface area contributed by atoms with Crippen LogP contribution in [-0.2, 0) is 0 Å². The molecule has 18 heavy (non-hydrogen) atoms. The molecule has 0 spiro atoms. The first-order valence-corrected chi connectivity index (χ1v) is 6.15. The first-order chi connectivity index (χ1) is 8.56. The van der Waals surface area contributed by atoms with Crippen LogP contribution in [-0.4, -0.2) is 9.97 Å². The van der Waals surface area contributed by atoms with E-state index >= 15 is 0 Å². The molecule has 0 aliphatic heterocycles. The summed E-state index contributed by atoms with van der Waals surface area (Å²) in [5, 5.41) is 0. The van der Waals surface area contributed by atoms with Gasteiger partial charge in [0.05, 0.1) is 4.47 Å². The highest BCUT2D eigenvalue weighted by Crippen LogP contribution is 2.29. The van der Waals surface area contributed by atoms with Gasteiger partial charge in [-0.2, -0.15) is 0 Å². The van der Waals surface area contributed by atoms with E-state index in [2.05, 4.69) is 20.9 Å². The molecule has 0 amide bonds. The third kappa shape index (κ3) is 3.02. The third-order valence-corrected chi connectivity index (χ3v) is 2.98. The molecule has 92 valence electrons. The number of pyridine rings is 1. The van der Waals surface area contributed by atoms with Crippen LogP contribution in [0.3, 0.4) is 0 Å². The van der Waals surface area contributed by atoms with Gasteiger partial charge in [0.2, 0.25) is 5.88 Å². The molecule has 1 aromatic heterocycles. The van der Waals surface area contributed by atoms with E-state index in [1.807, 2.05) is 0 Å². The maximum Gasteiger partial charge on any atom is 0.219 e. The Kier molecular flexibility index (Phi) is 3.88. The molecule has 0 fully saturated rings. The molecule has 0 bridgehead atoms. The van der Waals surface area contributed by atoms with Gasteiger partial charge in [0.25, 0.3) is 0 Å². The Morgan fingerprint density at radius 1 is 1.33 bits per heavy atom. The summed E-state index contributed by atoms with van der Waals surface area (Å²) in [7, 11) is 0. The van der Waals surface area contributed by atoms with Gasteiger partial charge in [-0.15, -0.1) is 0 Å². The molecule has 1 aromatic carbocycles. The van der Waals surface area contributed by atoms with Gasteiger partial charge in [-0.1, -0.05) is 12.2 Å². The Bertz CT molecular complexity index is 606. The predicted octanol–water partition coefficient (Wildman–Crippen LogP) is 3.41. The Labute approximate surface area is 117 Å². The van der Waals surface area contributed by atoms with Crippen LogP contribution in [0.2, 0.25) is 0 Å². The number of halogens is 2. The van der Waals surface area contributed by atoms with Crippen molar-refractivity contribution in [1.82, 2.24) is 4.98 Å². The molecule has 3 nitrogen and oxygen atoms in total. The van der Waals surface area contributed by atoms with E-state index in [0.29, 0.717) is 21.7 Å². The number of nitrogens with two attached hydrogens (primary N) is 1. The van der Waals surface area contributed by atoms with Crippen LogP contribution in [0.15, 0.2) is 41.0 Å². The van der Waals surface area contributed by atoms with Crippen molar-refractivity contribution < 1.29 is 9.13 Å². The van der Waals surface area contributed by atoms with Crippen LogP contribution in [0.5, 0.6) is 11.6 Å². The lowest BCUT2D eigenvalue weighted by Gasteiger charge is -2.07. The van der Waals surface area contributed by atoms with Crippen LogP contribution >= 0.6 is 28.1 Å². The molecule has 0 atom stereocenters. The molecular formula is C12H8BrFN2OS. The van der Waals surface area contributed by atoms with Crippen LogP contribution in [0.1, 0.15) is 5.56 Å². The van der Waals surface area contributed by atoms with Crippen LogP contribution in [0, 0.1) is 5.82 Å². The Morgan fingerprint density at radius 3 is 2.78 bits per heavy atom. The van der Waals surface area contributed by atoms with Crippen LogP contribution in [0.25, 0.3) is 0 Å². The molecule has 6 heteroatoms. The average molecular weight is 327 g/mol. The van der Waals surface area contributed by atoms with Gasteiger partial charge in [-0.05, 0) is 40.2 Å². The fourth-order valence-electron chi connectivity index (χ4n) is 1.29. The van der Waals surface area contributed by atoms with E-state index in [0.717, 1.165) is 0 Å². The molecular weight excluding hydrogens is 319 g/mol. The van der Waals surface area contributed by atoms with E-state index in [-0.39, 0.29) is 10.8 Å². The monoisotopic (exact) mass is 326 g/mol. The summed E-state index contributed by atoms with van der Waals surface area (Å²) in [5.41, 5.74) is 6.18. The van der Waals surface area contributed by atoms with E-state index in [9.17, 15) is 4.39 Å². The minimum atomic E-state index is -0.348. The number of hydrogen-bond donors (Lipinski definition) is 1. The van der Waals surface area contributed by atoms with Crippen molar-refractivity contribution in [3.8, 4) is 11.6 Å². The van der Waals surface area contributed by atoms with Crippen molar-refractivity contribution in [3.05, 3.63) is 52.4 Å². The highest BCUT2D eigenvalue weighted by Gasteiger charge is 2.06. The highest BCUT2D eigenvalue weighted by molar-refractivity contribution is 9.10. The lowest BCUT2D eigenvalue weighted by atomic mass is 10.3. The van der Waals surface area contributed by atoms with Crippen molar-refractivity contribution in [1.29, 1.82) is 0 Å². The normalized spacial score (nSPS) is 10.1. The molecule has 0 saturated heterocycles. The SMILES string of the molecule is NC(=S)c1ccnc(Oc2ccc(F)cc2Br)c1. The van der Waals surface area contributed by atoms with E-state index in [4.69, 9.17) is 22.7 Å². The lowest BCUT2D eigenvalue weighted by Crippen LogP contribution is -2.09. The van der Waals surface area contributed by atoms with Gasteiger partial charge >= 0.3 is 0 Å². The molecule has 0 radical (unpaired) electrons. The number of hydrogen-bond acceptors (Lipinski definition) is 3. The number of nitrogens with zero attached hydrogens (tertiary/aromatic N) is 1. The fourth-order valence-corrected chi connectivity index (χ4v) is 1.85. The quantitative estimate of drug-likeness (QED) is 0.878. The summed E-state index contributed by atoms with van der Waals surface area (Å²) >= 11 is 8.07. The standard InChI is InChI=1S/C12H8BrFN2OS/c13-9-6-8(14)1-2-10(9)17-11-5-7(12(15)18)3-4-16-11/h1-6H,(H2,15,18). The zero-order chi connectivity index (χ0) is 13.1. The molecule has 0 aliphatic rings. The maximum absolute atomic E-state index is 12.9. The van der Waals surface area contributed by atoms with E-state index in [1.54, 1.807) is 18.3 Å². The fraction of sp³-hybridized carbons (Fsp3) is 0. The topological polar surface area (TPSA) is 48.1 Å². The van der Waals surface area contributed by atoms with Crippen LogP contribution in [0.4, 0.5) is 4.39 Å². The number of benzene rings is 1. The van der Waals surface area contributed by atoms with E-state index < -0.39 is 0 Å². The smallest absolute Gasteiger partial charge is 0.219 e. The van der Waals surface area contributed by atoms with Crippen molar-refractivity contribution >= 4 is 33.1 Å². The average Bonchev–Trinajstić information content (AvgIpc) is 2.33. The molecule has 0 saturated carbocycles. The molecule has 2 aromatic rings. The summed E-state index contributed by atoms with van der Waals surface area (Å²) in [5.74, 6) is 0.454. The second kappa shape index (κ2) is 5.41. The van der Waals surface area contributed by atoms with Crippen molar-refractivity contribution in [2.75, 3.05) is 0 Å². The number of aromatic nitrogens is 1. The van der Waals surface area contributed by atoms with Gasteiger partial charge in [0.1, 0.15) is 16.6 Å². The predicted molar refractivity (Wildman–Crippen MR) is 74.3 cm³/mol. The van der Waals surface area contributed by atoms with Crippen molar-refractivity contribution in [2.45, 2.75) is 0 Å². The molecule has 2 rings (SSSR count). The molecule has 2 N–H and O–H groups in total. The van der Waals surface area contributed by atoms with Gasteiger partial charge in [0, 0.05) is 17.8 Å². The molecule has 0 unspecified atom stereocenters. The lowest BCUT2D eigenvalue weighted by molar-refractivity contribution is 0.458. The van der Waals surface area contributed by atoms with Gasteiger partial charge in [0.15, 0.2) is 0 Å². The Hall–Kier alpha value is -1.53. The van der Waals surface area contributed by atoms with Gasteiger partial charge < -0.3 is 10.5 Å². The molecule has 0 aliphatic carbocycles. The summed E-state index contributed by atoms with van der Waals surface area (Å²) < 4.78 is 18.9. The second-order valence-electron chi connectivity index (χ2n) is 3.42. The second-order valence-corrected chi connectivity index (χ2v) is 4.72. The first kappa shape index (κ1) is 12.9. The number of ether oxygens (including phenoxy) is 1. The number of thiocarbonyl (C=S) groups is 1. The summed E-state index contributed by atoms with van der Waals surface area (Å²) in [6.07, 6.45) is 1.54. The summed E-state index contributed by atoms with van der Waals surface area (Å²) in [4.78, 5) is 4.29. The zero-order valence-electron chi connectivity index (χ0n) is 9.06. The van der Waals surface area contributed by atoms with Gasteiger partial charge in [-0.25, -0.2) is 9.37 Å². The van der Waals surface area contributed by atoms with Crippen molar-refractivity contribution in [2.24, 2.45) is 5.73 Å². The zero-order valence-corrected chi connectivity index (χ0v) is 11.5. The number of rotatable bonds is 3. The summed E-state index contributed by atoms with van der Waals surface area (Å²) in [6.45, 7) is 0. The minimum absolute atomic E-state index is 0.264. The Balaban J connectivity index is 2.28. The summed E-state index contributed by atoms with van der Waals surface area (Å²) in [6, 6.07) is 7.44. The van der Waals surface area contributed by atoms with Crippen LogP contribution < -0.4 is 10.5 Å². The van der Waals surface area contributed by atoms with E-state index in [1.165, 1.54) is 18.2 Å². The first-order valence-electron chi connectivity index (χ1n) is 4.95. The molecule has 1 heterocycles. The Morgan fingerprint density at radius 2 is 2.11 bits per heavy atom. The maximum atomic E-state index is 12.9. The minimum Gasteiger partial charge on any atom is -0.438 e. The van der Waals surface area contributed by atoms with Crippen molar-refractivity contribution in [3.63, 3.8) is 0 Å². The van der Waals surface area contributed by atoms with Gasteiger partial charge in [-0.3, -0.25) is 0 Å².